The van der Waals surface area contributed by atoms with E-state index in [-0.39, 0.29) is 71.1 Å². The lowest BCUT2D eigenvalue weighted by molar-refractivity contribution is -0.124. The van der Waals surface area contributed by atoms with Gasteiger partial charge in [0.1, 0.15) is 0 Å². The van der Waals surface area contributed by atoms with Crippen LogP contribution in [0, 0.1) is 0 Å². The fourth-order valence-corrected chi connectivity index (χ4v) is 11.9. The Hall–Kier alpha value is -1.74. The highest BCUT2D eigenvalue weighted by Crippen LogP contribution is 2.32. The van der Waals surface area contributed by atoms with E-state index in [1.54, 1.807) is 0 Å². The third-order valence-corrected chi connectivity index (χ3v) is 13.6. The van der Waals surface area contributed by atoms with E-state index < -0.39 is 51.7 Å². The molecule has 0 saturated carbocycles. The van der Waals surface area contributed by atoms with Gasteiger partial charge in [0.2, 0.25) is 17.7 Å². The predicted octanol–water partition coefficient (Wildman–Crippen LogP) is -1.87. The number of hydrogen-bond acceptors (Lipinski definition) is 9. The molecule has 3 fully saturated rings. The lowest BCUT2D eigenvalue weighted by Crippen LogP contribution is -2.56. The zero-order chi connectivity index (χ0) is 20.9. The van der Waals surface area contributed by atoms with Crippen molar-refractivity contribution in [2.45, 2.75) is 42.4 Å². The highest BCUT2D eigenvalue weighted by atomic mass is 32.3. The summed E-state index contributed by atoms with van der Waals surface area (Å²) in [5, 5.41) is 0. The Balaban J connectivity index is 2.18. The number of sulfonamides is 3. The first-order chi connectivity index (χ1) is 12.9. The van der Waals surface area contributed by atoms with E-state index >= 15 is 0 Å². The third kappa shape index (κ3) is 3.18. The smallest absolute Gasteiger partial charge is 0.274 e. The first-order valence-electron chi connectivity index (χ1n) is 8.55. The van der Waals surface area contributed by atoms with Crippen molar-refractivity contribution in [3.63, 3.8) is 0 Å². The maximum atomic E-state index is 13.0. The van der Waals surface area contributed by atoms with E-state index in [2.05, 4.69) is 0 Å². The Bertz CT molecular complexity index is 899. The summed E-state index contributed by atoms with van der Waals surface area (Å²) in [4.78, 5) is 35.8. The van der Waals surface area contributed by atoms with Gasteiger partial charge in [0.25, 0.3) is 30.1 Å². The van der Waals surface area contributed by atoms with Crippen LogP contribution in [0.3, 0.4) is 0 Å². The Kier molecular flexibility index (Phi) is 5.21. The third-order valence-electron chi connectivity index (χ3n) is 4.74. The molecule has 3 heterocycles. The molecule has 15 heteroatoms. The summed E-state index contributed by atoms with van der Waals surface area (Å²) in [6, 6.07) is 0. The Labute approximate surface area is 162 Å². The highest BCUT2D eigenvalue weighted by Gasteiger charge is 2.59. The second-order valence-corrected chi connectivity index (χ2v) is 13.4. The summed E-state index contributed by atoms with van der Waals surface area (Å²) in [5.74, 6) is -2.80. The van der Waals surface area contributed by atoms with E-state index in [0.29, 0.717) is 0 Å². The molecule has 3 rings (SSSR count). The molecular weight excluding hydrogens is 438 g/mol. The van der Waals surface area contributed by atoms with E-state index in [9.17, 15) is 39.6 Å². The summed E-state index contributed by atoms with van der Waals surface area (Å²) >= 11 is 0. The topological polar surface area (TPSA) is 163 Å². The fraction of sp³-hybridized carbons (Fsp3) is 0.769. The maximum absolute atomic E-state index is 13.0. The van der Waals surface area contributed by atoms with E-state index in [4.69, 9.17) is 0 Å². The monoisotopic (exact) mass is 457 g/mol. The Morgan fingerprint density at radius 3 is 0.964 bits per heavy atom. The van der Waals surface area contributed by atoms with Gasteiger partial charge < -0.3 is 0 Å². The van der Waals surface area contributed by atoms with Crippen molar-refractivity contribution in [3.8, 4) is 0 Å². The zero-order valence-corrected chi connectivity index (χ0v) is 17.1. The maximum Gasteiger partial charge on any atom is 0.318 e. The number of rotatable bonds is 6. The summed E-state index contributed by atoms with van der Waals surface area (Å²) in [7, 11) is -15.8. The molecule has 12 nitrogen and oxygen atoms in total. The van der Waals surface area contributed by atoms with Crippen molar-refractivity contribution in [3.05, 3.63) is 0 Å². The van der Waals surface area contributed by atoms with E-state index in [1.807, 2.05) is 0 Å². The molecule has 0 aromatic carbocycles. The number of carbonyl (C=O) groups is 3. The van der Waals surface area contributed by atoms with Crippen molar-refractivity contribution in [1.82, 2.24) is 12.9 Å². The standard InChI is InChI=1S/C13H19N3O9S3/c17-10-4-1-7-14(10)26(20,21)13(27(22,23)15-8-2-5-11(15)18)28(24,25)16-9-3-6-12(16)19/h13H,1-9H2. The van der Waals surface area contributed by atoms with Crippen LogP contribution in [0.5, 0.6) is 0 Å². The van der Waals surface area contributed by atoms with Gasteiger partial charge in [-0.05, 0) is 19.3 Å². The quantitative estimate of drug-likeness (QED) is 0.444. The SMILES string of the molecule is O=C1CCCN1S(=O)(=O)C(S(=O)(=O)N1CCCC1=O)S(=O)(=O)N1CCCC1=O. The molecule has 3 aliphatic heterocycles. The summed E-state index contributed by atoms with van der Waals surface area (Å²) in [5.41, 5.74) is 0. The van der Waals surface area contributed by atoms with Gasteiger partial charge in [-0.3, -0.25) is 14.4 Å². The molecule has 0 radical (unpaired) electrons. The first kappa shape index (κ1) is 21.0. The molecule has 0 bridgehead atoms. The summed E-state index contributed by atoms with van der Waals surface area (Å²) in [6.45, 7) is -1.11. The second-order valence-electron chi connectivity index (χ2n) is 6.63. The normalized spacial score (nSPS) is 22.2. The molecule has 0 aromatic heterocycles. The average molecular weight is 458 g/mol. The van der Waals surface area contributed by atoms with Gasteiger partial charge in [-0.2, -0.15) is 0 Å². The molecule has 0 spiro atoms. The van der Waals surface area contributed by atoms with Crippen LogP contribution in [-0.4, -0.2) is 79.4 Å². The van der Waals surface area contributed by atoms with Crippen LogP contribution in [0.15, 0.2) is 0 Å². The number of carbonyl (C=O) groups excluding carboxylic acids is 3. The average Bonchev–Trinajstić information content (AvgIpc) is 3.27. The van der Waals surface area contributed by atoms with Crippen molar-refractivity contribution >= 4 is 47.8 Å². The molecule has 3 amide bonds. The molecule has 3 saturated heterocycles. The van der Waals surface area contributed by atoms with Crippen LogP contribution in [0.4, 0.5) is 0 Å². The number of amides is 3. The van der Waals surface area contributed by atoms with Crippen molar-refractivity contribution in [2.75, 3.05) is 19.6 Å². The Morgan fingerprint density at radius 2 is 0.786 bits per heavy atom. The minimum atomic E-state index is -5.27. The largest absolute Gasteiger partial charge is 0.318 e. The minimum absolute atomic E-state index is 0.107. The van der Waals surface area contributed by atoms with Gasteiger partial charge in [-0.1, -0.05) is 0 Å². The molecule has 28 heavy (non-hydrogen) atoms. The fourth-order valence-electron chi connectivity index (χ4n) is 3.45. The van der Waals surface area contributed by atoms with Crippen LogP contribution in [0.1, 0.15) is 38.5 Å². The molecule has 0 aliphatic carbocycles. The first-order valence-corrected chi connectivity index (χ1v) is 13.1. The molecule has 0 atom stereocenters. The van der Waals surface area contributed by atoms with Crippen molar-refractivity contribution in [1.29, 1.82) is 0 Å². The van der Waals surface area contributed by atoms with Crippen LogP contribution >= 0.6 is 0 Å². The molecule has 0 unspecified atom stereocenters. The van der Waals surface area contributed by atoms with Crippen LogP contribution in [0.2, 0.25) is 0 Å². The lowest BCUT2D eigenvalue weighted by Gasteiger charge is -2.29. The summed E-state index contributed by atoms with van der Waals surface area (Å²) < 4.78 is 75.7. The molecule has 158 valence electrons. The highest BCUT2D eigenvalue weighted by molar-refractivity contribution is 8.22. The van der Waals surface area contributed by atoms with Gasteiger partial charge in [0.05, 0.1) is 0 Å². The van der Waals surface area contributed by atoms with Gasteiger partial charge in [0.15, 0.2) is 0 Å². The van der Waals surface area contributed by atoms with Crippen LogP contribution in [-0.2, 0) is 44.5 Å². The van der Waals surface area contributed by atoms with E-state index in [1.165, 1.54) is 0 Å². The second kappa shape index (κ2) is 6.95. The molecule has 0 aromatic rings. The summed E-state index contributed by atoms with van der Waals surface area (Å²) in [6.07, 6.45) is -0.228. The van der Waals surface area contributed by atoms with Crippen LogP contribution < -0.4 is 0 Å². The minimum Gasteiger partial charge on any atom is -0.274 e. The van der Waals surface area contributed by atoms with Crippen molar-refractivity contribution in [2.24, 2.45) is 0 Å². The lowest BCUT2D eigenvalue weighted by atomic mass is 10.4. The van der Waals surface area contributed by atoms with Crippen molar-refractivity contribution < 1.29 is 39.6 Å². The Morgan fingerprint density at radius 1 is 0.536 bits per heavy atom. The number of hydrogen-bond donors (Lipinski definition) is 0. The van der Waals surface area contributed by atoms with Crippen LogP contribution in [0.25, 0.3) is 0 Å². The predicted molar refractivity (Wildman–Crippen MR) is 93.4 cm³/mol. The molecule has 0 N–H and O–H groups in total. The van der Waals surface area contributed by atoms with Gasteiger partial charge in [-0.25, -0.2) is 38.2 Å². The molecular formula is C13H19N3O9S3. The number of nitrogens with zero attached hydrogens (tertiary/aromatic N) is 3. The van der Waals surface area contributed by atoms with Gasteiger partial charge >= 0.3 is 3.91 Å². The zero-order valence-electron chi connectivity index (χ0n) is 14.7. The van der Waals surface area contributed by atoms with Gasteiger partial charge in [0, 0.05) is 38.9 Å². The van der Waals surface area contributed by atoms with E-state index in [0.717, 1.165) is 0 Å². The van der Waals surface area contributed by atoms with Gasteiger partial charge in [-0.15, -0.1) is 0 Å². The molecule has 3 aliphatic rings.